The Kier molecular flexibility index (Phi) is 5.42. The summed E-state index contributed by atoms with van der Waals surface area (Å²) < 4.78 is 0. The predicted octanol–water partition coefficient (Wildman–Crippen LogP) is 1.24. The first kappa shape index (κ1) is 17.5. The van der Waals surface area contributed by atoms with E-state index in [1.807, 2.05) is 26.0 Å². The van der Waals surface area contributed by atoms with Gasteiger partial charge in [0, 0.05) is 12.0 Å². The van der Waals surface area contributed by atoms with Gasteiger partial charge in [-0.25, -0.2) is 0 Å². The van der Waals surface area contributed by atoms with Gasteiger partial charge in [-0.15, -0.1) is 0 Å². The number of carbonyl (C=O) groups is 2. The molecule has 1 atom stereocenters. The fourth-order valence-corrected chi connectivity index (χ4v) is 2.78. The molecule has 0 aromatic heterocycles. The highest BCUT2D eigenvalue weighted by Gasteiger charge is 2.45. The van der Waals surface area contributed by atoms with Gasteiger partial charge in [0.2, 0.25) is 11.8 Å². The number of hydrogen-bond acceptors (Lipinski definition) is 3. The Morgan fingerprint density at radius 2 is 1.87 bits per heavy atom. The van der Waals surface area contributed by atoms with Gasteiger partial charge in [0.05, 0.1) is 12.6 Å². The summed E-state index contributed by atoms with van der Waals surface area (Å²) in [6, 6.07) is 7.73. The molecule has 126 valence electrons. The molecule has 0 radical (unpaired) electrons. The summed E-state index contributed by atoms with van der Waals surface area (Å²) in [6.07, 6.45) is 2.17. The maximum atomic E-state index is 12.0. The zero-order valence-electron chi connectivity index (χ0n) is 14.2. The Labute approximate surface area is 138 Å². The van der Waals surface area contributed by atoms with Crippen LogP contribution in [-0.2, 0) is 15.0 Å². The van der Waals surface area contributed by atoms with Crippen LogP contribution in [0.2, 0.25) is 0 Å². The highest BCUT2D eigenvalue weighted by Crippen LogP contribution is 2.48. The molecular formula is C18H27N3O2. The molecule has 1 saturated carbocycles. The van der Waals surface area contributed by atoms with Crippen LogP contribution in [0.5, 0.6) is 0 Å². The maximum absolute atomic E-state index is 12.0. The molecule has 0 heterocycles. The van der Waals surface area contributed by atoms with E-state index in [0.29, 0.717) is 6.54 Å². The third kappa shape index (κ3) is 4.32. The number of rotatable bonds is 7. The fraction of sp³-hybridized carbons (Fsp3) is 0.556. The molecule has 0 aliphatic heterocycles. The quantitative estimate of drug-likeness (QED) is 0.707. The van der Waals surface area contributed by atoms with Crippen LogP contribution < -0.4 is 16.4 Å². The normalized spacial score (nSPS) is 16.7. The highest BCUT2D eigenvalue weighted by molar-refractivity contribution is 5.87. The van der Waals surface area contributed by atoms with Gasteiger partial charge >= 0.3 is 0 Å². The summed E-state index contributed by atoms with van der Waals surface area (Å²) >= 11 is 0. The topological polar surface area (TPSA) is 84.2 Å². The first-order valence-corrected chi connectivity index (χ1v) is 8.22. The van der Waals surface area contributed by atoms with Gasteiger partial charge in [-0.05, 0) is 36.8 Å². The molecule has 1 fully saturated rings. The largest absolute Gasteiger partial charge is 0.354 e. The summed E-state index contributed by atoms with van der Waals surface area (Å²) in [4.78, 5) is 23.7. The van der Waals surface area contributed by atoms with Crippen molar-refractivity contribution in [3.63, 3.8) is 0 Å². The van der Waals surface area contributed by atoms with E-state index in [1.165, 1.54) is 11.1 Å². The molecule has 0 spiro atoms. The molecule has 0 bridgehead atoms. The van der Waals surface area contributed by atoms with Crippen LogP contribution in [0.1, 0.15) is 37.8 Å². The molecule has 2 rings (SSSR count). The monoisotopic (exact) mass is 317 g/mol. The number of hydrogen-bond donors (Lipinski definition) is 3. The molecule has 1 aromatic carbocycles. The first-order chi connectivity index (χ1) is 10.9. The molecule has 23 heavy (non-hydrogen) atoms. The summed E-state index contributed by atoms with van der Waals surface area (Å²) in [7, 11) is 0. The van der Waals surface area contributed by atoms with Gasteiger partial charge in [-0.2, -0.15) is 0 Å². The molecular weight excluding hydrogens is 290 g/mol. The zero-order chi connectivity index (χ0) is 17.0. The maximum Gasteiger partial charge on any atom is 0.239 e. The van der Waals surface area contributed by atoms with E-state index in [4.69, 9.17) is 5.73 Å². The molecule has 1 aliphatic rings. The fourth-order valence-electron chi connectivity index (χ4n) is 2.78. The van der Waals surface area contributed by atoms with E-state index in [2.05, 4.69) is 29.7 Å². The van der Waals surface area contributed by atoms with Crippen molar-refractivity contribution < 1.29 is 9.59 Å². The highest BCUT2D eigenvalue weighted by atomic mass is 16.2. The Balaban J connectivity index is 1.81. The van der Waals surface area contributed by atoms with Crippen LogP contribution in [0, 0.1) is 12.8 Å². The minimum Gasteiger partial charge on any atom is -0.354 e. The summed E-state index contributed by atoms with van der Waals surface area (Å²) in [5.74, 6) is -0.404. The SMILES string of the molecule is Cc1ccccc1C1(CNC(=O)CNC(=O)[C@@H](N)C(C)C)CC1. The first-order valence-electron chi connectivity index (χ1n) is 8.22. The van der Waals surface area contributed by atoms with Crippen molar-refractivity contribution in [2.75, 3.05) is 13.1 Å². The van der Waals surface area contributed by atoms with Crippen molar-refractivity contribution in [2.45, 2.75) is 45.1 Å². The molecule has 1 aromatic rings. The van der Waals surface area contributed by atoms with Gasteiger partial charge in [0.15, 0.2) is 0 Å². The number of nitrogens with one attached hydrogen (secondary N) is 2. The average Bonchev–Trinajstić information content (AvgIpc) is 3.31. The molecule has 0 saturated heterocycles. The number of nitrogens with two attached hydrogens (primary N) is 1. The smallest absolute Gasteiger partial charge is 0.239 e. The van der Waals surface area contributed by atoms with Gasteiger partial charge in [-0.1, -0.05) is 38.1 Å². The van der Waals surface area contributed by atoms with Gasteiger partial charge in [0.25, 0.3) is 0 Å². The van der Waals surface area contributed by atoms with Crippen LogP contribution in [0.15, 0.2) is 24.3 Å². The zero-order valence-corrected chi connectivity index (χ0v) is 14.2. The van der Waals surface area contributed by atoms with E-state index in [0.717, 1.165) is 12.8 Å². The van der Waals surface area contributed by atoms with Crippen molar-refractivity contribution in [1.82, 2.24) is 10.6 Å². The minimum atomic E-state index is -0.579. The molecule has 5 nitrogen and oxygen atoms in total. The van der Waals surface area contributed by atoms with Crippen molar-refractivity contribution in [3.05, 3.63) is 35.4 Å². The van der Waals surface area contributed by atoms with Crippen LogP contribution in [0.3, 0.4) is 0 Å². The number of benzene rings is 1. The Bertz CT molecular complexity index is 579. The second kappa shape index (κ2) is 7.13. The Morgan fingerprint density at radius 1 is 1.22 bits per heavy atom. The van der Waals surface area contributed by atoms with Crippen LogP contribution in [-0.4, -0.2) is 30.9 Å². The predicted molar refractivity (Wildman–Crippen MR) is 90.9 cm³/mol. The van der Waals surface area contributed by atoms with Gasteiger partial charge < -0.3 is 16.4 Å². The number of carbonyl (C=O) groups excluding carboxylic acids is 2. The van der Waals surface area contributed by atoms with Gasteiger partial charge in [-0.3, -0.25) is 9.59 Å². The second-order valence-corrected chi connectivity index (χ2v) is 6.86. The van der Waals surface area contributed by atoms with E-state index in [1.54, 1.807) is 0 Å². The van der Waals surface area contributed by atoms with E-state index < -0.39 is 6.04 Å². The lowest BCUT2D eigenvalue weighted by molar-refractivity contribution is -0.127. The van der Waals surface area contributed by atoms with Crippen molar-refractivity contribution >= 4 is 11.8 Å². The lowest BCUT2D eigenvalue weighted by Gasteiger charge is -2.19. The lowest BCUT2D eigenvalue weighted by Crippen LogP contribution is -2.47. The van der Waals surface area contributed by atoms with E-state index >= 15 is 0 Å². The molecule has 0 unspecified atom stereocenters. The van der Waals surface area contributed by atoms with Gasteiger partial charge in [0.1, 0.15) is 0 Å². The average molecular weight is 317 g/mol. The Hall–Kier alpha value is -1.88. The molecule has 1 aliphatic carbocycles. The Morgan fingerprint density at radius 3 is 2.43 bits per heavy atom. The minimum absolute atomic E-state index is 0.0247. The number of amides is 2. The van der Waals surface area contributed by atoms with Crippen LogP contribution in [0.25, 0.3) is 0 Å². The van der Waals surface area contributed by atoms with Crippen LogP contribution in [0.4, 0.5) is 0 Å². The number of aryl methyl sites for hydroxylation is 1. The molecule has 4 N–H and O–H groups in total. The van der Waals surface area contributed by atoms with E-state index in [-0.39, 0.29) is 29.7 Å². The molecule has 5 heteroatoms. The lowest BCUT2D eigenvalue weighted by atomic mass is 9.92. The van der Waals surface area contributed by atoms with E-state index in [9.17, 15) is 9.59 Å². The van der Waals surface area contributed by atoms with Crippen molar-refractivity contribution in [3.8, 4) is 0 Å². The third-order valence-electron chi connectivity index (χ3n) is 4.64. The van der Waals surface area contributed by atoms with Crippen LogP contribution >= 0.6 is 0 Å². The summed E-state index contributed by atoms with van der Waals surface area (Å²) in [5, 5.41) is 5.54. The molecule has 2 amide bonds. The summed E-state index contributed by atoms with van der Waals surface area (Å²) in [6.45, 7) is 6.45. The standard InChI is InChI=1S/C18H27N3O2/c1-12(2)16(19)17(23)20-10-15(22)21-11-18(8-9-18)14-7-5-4-6-13(14)3/h4-7,12,16H,8-11,19H2,1-3H3,(H,20,23)(H,21,22)/t16-/m0/s1. The second-order valence-electron chi connectivity index (χ2n) is 6.86. The van der Waals surface area contributed by atoms with Crippen molar-refractivity contribution in [1.29, 1.82) is 0 Å². The van der Waals surface area contributed by atoms with Crippen molar-refractivity contribution in [2.24, 2.45) is 11.7 Å². The summed E-state index contributed by atoms with van der Waals surface area (Å²) in [5.41, 5.74) is 8.39. The third-order valence-corrected chi connectivity index (χ3v) is 4.64.